The lowest BCUT2D eigenvalue weighted by Gasteiger charge is -2.20. The summed E-state index contributed by atoms with van der Waals surface area (Å²) >= 11 is 3.34. The number of nitrogens with one attached hydrogen (secondary N) is 1. The molecular weight excluding hydrogens is 390 g/mol. The van der Waals surface area contributed by atoms with Crippen LogP contribution < -0.4 is 5.32 Å². The van der Waals surface area contributed by atoms with E-state index in [-0.39, 0.29) is 6.61 Å². The second kappa shape index (κ2) is 7.86. The van der Waals surface area contributed by atoms with Gasteiger partial charge in [-0.15, -0.1) is 0 Å². The summed E-state index contributed by atoms with van der Waals surface area (Å²) in [6.45, 7) is 8.09. The highest BCUT2D eigenvalue weighted by molar-refractivity contribution is 9.10. The average molecular weight is 412 g/mol. The number of halogens is 1. The third kappa shape index (κ3) is 5.19. The lowest BCUT2D eigenvalue weighted by molar-refractivity contribution is 0.0514. The van der Waals surface area contributed by atoms with Crippen molar-refractivity contribution in [3.63, 3.8) is 0 Å². The number of carbonyl (C=O) groups excluding carboxylic acids is 2. The molecule has 0 aromatic carbocycles. The lowest BCUT2D eigenvalue weighted by Crippen LogP contribution is -2.34. The fraction of sp³-hybridized carbons (Fsp3) is 0.471. The number of alkyl carbamates (subject to hydrolysis) is 1. The van der Waals surface area contributed by atoms with Crippen molar-refractivity contribution in [3.05, 3.63) is 28.5 Å². The predicted octanol–water partition coefficient (Wildman–Crippen LogP) is 3.50. The summed E-state index contributed by atoms with van der Waals surface area (Å²) in [7, 11) is 0. The number of fused-ring (bicyclic) bond motifs is 1. The van der Waals surface area contributed by atoms with Crippen LogP contribution >= 0.6 is 15.9 Å². The molecule has 0 radical (unpaired) electrons. The molecule has 2 aromatic heterocycles. The molecule has 25 heavy (non-hydrogen) atoms. The van der Waals surface area contributed by atoms with Gasteiger partial charge in [0, 0.05) is 18.5 Å². The first-order chi connectivity index (χ1) is 11.7. The van der Waals surface area contributed by atoms with E-state index in [1.54, 1.807) is 44.4 Å². The van der Waals surface area contributed by atoms with Crippen molar-refractivity contribution >= 4 is 39.0 Å². The number of hydrogen-bond acceptors (Lipinski definition) is 5. The summed E-state index contributed by atoms with van der Waals surface area (Å²) in [6, 6.07) is 5.41. The fourth-order valence-corrected chi connectivity index (χ4v) is 2.59. The molecule has 2 aromatic rings. The van der Waals surface area contributed by atoms with Crippen LogP contribution in [0, 0.1) is 0 Å². The summed E-state index contributed by atoms with van der Waals surface area (Å²) in [5, 5.41) is 3.50. The zero-order chi connectivity index (χ0) is 18.6. The maximum atomic E-state index is 12.2. The first-order valence-corrected chi connectivity index (χ1v) is 8.80. The maximum absolute atomic E-state index is 12.2. The molecule has 2 heterocycles. The highest BCUT2D eigenvalue weighted by atomic mass is 79.9. The summed E-state index contributed by atoms with van der Waals surface area (Å²) < 4.78 is 12.7. The van der Waals surface area contributed by atoms with Gasteiger partial charge in [-0.25, -0.2) is 14.6 Å². The van der Waals surface area contributed by atoms with Crippen LogP contribution in [-0.4, -0.2) is 40.4 Å². The Bertz CT molecular complexity index is 780. The quantitative estimate of drug-likeness (QED) is 0.601. The van der Waals surface area contributed by atoms with E-state index in [1.165, 1.54) is 0 Å². The number of carbonyl (C=O) groups is 2. The molecule has 0 aliphatic carbocycles. The minimum atomic E-state index is -0.563. The standard InChI is InChI=1S/C17H22BrN3O4/c1-5-24-15(22)12-10-11-6-7-13(18)20-14(11)21(12)9-8-19-16(23)25-17(2,3)4/h6-7,10H,5,8-9H2,1-4H3,(H,19,23). The van der Waals surface area contributed by atoms with Crippen molar-refractivity contribution in [1.29, 1.82) is 0 Å². The number of nitrogens with zero attached hydrogens (tertiary/aromatic N) is 2. The summed E-state index contributed by atoms with van der Waals surface area (Å²) in [4.78, 5) is 28.4. The van der Waals surface area contributed by atoms with Crippen LogP contribution in [0.1, 0.15) is 38.2 Å². The third-order valence-corrected chi connectivity index (χ3v) is 3.64. The highest BCUT2D eigenvalue weighted by Gasteiger charge is 2.19. The Labute approximate surface area is 154 Å². The van der Waals surface area contributed by atoms with Crippen LogP contribution in [0.15, 0.2) is 22.8 Å². The fourth-order valence-electron chi connectivity index (χ4n) is 2.29. The molecule has 0 fully saturated rings. The number of aromatic nitrogens is 2. The van der Waals surface area contributed by atoms with Gasteiger partial charge in [0.2, 0.25) is 0 Å². The summed E-state index contributed by atoms with van der Waals surface area (Å²) in [6.07, 6.45) is -0.504. The lowest BCUT2D eigenvalue weighted by atomic mass is 10.2. The number of hydrogen-bond donors (Lipinski definition) is 1. The number of amides is 1. The molecule has 0 aliphatic heterocycles. The Balaban J connectivity index is 2.20. The zero-order valence-electron chi connectivity index (χ0n) is 14.8. The Morgan fingerprint density at radius 2 is 2.04 bits per heavy atom. The van der Waals surface area contributed by atoms with Crippen LogP contribution in [0.3, 0.4) is 0 Å². The number of esters is 1. The largest absolute Gasteiger partial charge is 0.461 e. The zero-order valence-corrected chi connectivity index (χ0v) is 16.3. The molecule has 0 bridgehead atoms. The summed E-state index contributed by atoms with van der Waals surface area (Å²) in [5.41, 5.74) is 0.476. The van der Waals surface area contributed by atoms with Crippen LogP contribution in [0.25, 0.3) is 11.0 Å². The van der Waals surface area contributed by atoms with Gasteiger partial charge in [-0.05, 0) is 61.8 Å². The first kappa shape index (κ1) is 19.2. The monoisotopic (exact) mass is 411 g/mol. The second-order valence-corrected chi connectivity index (χ2v) is 7.19. The van der Waals surface area contributed by atoms with Gasteiger partial charge in [0.1, 0.15) is 21.5 Å². The van der Waals surface area contributed by atoms with E-state index in [1.807, 2.05) is 6.07 Å². The van der Waals surface area contributed by atoms with Crippen molar-refractivity contribution in [2.75, 3.05) is 13.2 Å². The topological polar surface area (TPSA) is 82.5 Å². The Morgan fingerprint density at radius 1 is 1.32 bits per heavy atom. The average Bonchev–Trinajstić information content (AvgIpc) is 2.84. The Kier molecular flexibility index (Phi) is 6.05. The number of pyridine rings is 1. The van der Waals surface area contributed by atoms with Crippen molar-refractivity contribution in [2.45, 2.75) is 39.8 Å². The van der Waals surface area contributed by atoms with Gasteiger partial charge in [0.25, 0.3) is 0 Å². The SMILES string of the molecule is CCOC(=O)c1cc2ccc(Br)nc2n1CCNC(=O)OC(C)(C)C. The second-order valence-electron chi connectivity index (χ2n) is 6.38. The van der Waals surface area contributed by atoms with E-state index in [2.05, 4.69) is 26.2 Å². The summed E-state index contributed by atoms with van der Waals surface area (Å²) in [5.74, 6) is -0.422. The van der Waals surface area contributed by atoms with Gasteiger partial charge in [-0.1, -0.05) is 0 Å². The molecule has 0 spiro atoms. The van der Waals surface area contributed by atoms with Gasteiger partial charge in [-0.2, -0.15) is 0 Å². The molecule has 2 rings (SSSR count). The minimum Gasteiger partial charge on any atom is -0.461 e. The molecule has 0 aliphatic rings. The van der Waals surface area contributed by atoms with Gasteiger partial charge in [0.05, 0.1) is 6.61 Å². The van der Waals surface area contributed by atoms with Crippen molar-refractivity contribution in [1.82, 2.24) is 14.9 Å². The normalized spacial score (nSPS) is 11.4. The molecule has 0 saturated heterocycles. The first-order valence-electron chi connectivity index (χ1n) is 8.01. The maximum Gasteiger partial charge on any atom is 0.407 e. The van der Waals surface area contributed by atoms with Gasteiger partial charge >= 0.3 is 12.1 Å². The van der Waals surface area contributed by atoms with Crippen LogP contribution in [0.2, 0.25) is 0 Å². The highest BCUT2D eigenvalue weighted by Crippen LogP contribution is 2.21. The number of rotatable bonds is 5. The third-order valence-electron chi connectivity index (χ3n) is 3.20. The Hall–Kier alpha value is -2.09. The van der Waals surface area contributed by atoms with E-state index in [9.17, 15) is 9.59 Å². The molecule has 0 atom stereocenters. The molecule has 0 saturated carbocycles. The van der Waals surface area contributed by atoms with Gasteiger partial charge < -0.3 is 19.4 Å². The van der Waals surface area contributed by atoms with E-state index in [0.717, 1.165) is 5.39 Å². The van der Waals surface area contributed by atoms with E-state index >= 15 is 0 Å². The molecule has 8 heteroatoms. The van der Waals surface area contributed by atoms with Crippen molar-refractivity contribution < 1.29 is 19.1 Å². The predicted molar refractivity (Wildman–Crippen MR) is 97.6 cm³/mol. The smallest absolute Gasteiger partial charge is 0.407 e. The van der Waals surface area contributed by atoms with Crippen LogP contribution in [-0.2, 0) is 16.0 Å². The van der Waals surface area contributed by atoms with Crippen molar-refractivity contribution in [2.24, 2.45) is 0 Å². The molecule has 1 N–H and O–H groups in total. The van der Waals surface area contributed by atoms with E-state index in [4.69, 9.17) is 9.47 Å². The van der Waals surface area contributed by atoms with Crippen LogP contribution in [0.4, 0.5) is 4.79 Å². The van der Waals surface area contributed by atoms with E-state index < -0.39 is 17.7 Å². The molecular formula is C17H22BrN3O4. The molecule has 1 amide bonds. The van der Waals surface area contributed by atoms with Gasteiger partial charge in [0.15, 0.2) is 0 Å². The molecule has 136 valence electrons. The Morgan fingerprint density at radius 3 is 2.68 bits per heavy atom. The van der Waals surface area contributed by atoms with E-state index in [0.29, 0.717) is 29.0 Å². The van der Waals surface area contributed by atoms with Crippen molar-refractivity contribution in [3.8, 4) is 0 Å². The van der Waals surface area contributed by atoms with Crippen LogP contribution in [0.5, 0.6) is 0 Å². The molecule has 7 nitrogen and oxygen atoms in total. The van der Waals surface area contributed by atoms with Gasteiger partial charge in [-0.3, -0.25) is 0 Å². The minimum absolute atomic E-state index is 0.285. The number of ether oxygens (including phenoxy) is 2. The molecule has 0 unspecified atom stereocenters.